The number of rotatable bonds is 7. The largest absolute Gasteiger partial charge is 0.494 e. The fourth-order valence-electron chi connectivity index (χ4n) is 1.18. The smallest absolute Gasteiger partial charge is 0.436 e. The molecule has 0 saturated heterocycles. The normalized spacial score (nSPS) is 10.9. The molecule has 0 spiro atoms. The van der Waals surface area contributed by atoms with Crippen molar-refractivity contribution in [3.63, 3.8) is 0 Å². The third-order valence-electron chi connectivity index (χ3n) is 1.93. The number of aromatic nitrogens is 2. The summed E-state index contributed by atoms with van der Waals surface area (Å²) in [4.78, 5) is 19.3. The maximum atomic E-state index is 12.0. The summed E-state index contributed by atoms with van der Waals surface area (Å²) in [6.45, 7) is 3.54. The van der Waals surface area contributed by atoms with Gasteiger partial charge in [-0.15, -0.1) is 0 Å². The van der Waals surface area contributed by atoms with E-state index in [0.29, 0.717) is 5.75 Å². The quantitative estimate of drug-likeness (QED) is 0.738. The molecule has 0 atom stereocenters. The van der Waals surface area contributed by atoms with Crippen molar-refractivity contribution in [2.45, 2.75) is 13.8 Å². The number of anilines is 1. The summed E-state index contributed by atoms with van der Waals surface area (Å²) < 4.78 is 26.7. The van der Waals surface area contributed by atoms with Crippen LogP contribution in [0.3, 0.4) is 0 Å². The molecular formula is C10H17N4O5P. The number of carbonyl (C=O) groups excluding carboxylic acids is 1. The van der Waals surface area contributed by atoms with Gasteiger partial charge in [-0.2, -0.15) is 0 Å². The molecule has 0 unspecified atom stereocenters. The molecule has 1 rings (SSSR count). The molecule has 112 valence electrons. The number of carbonyl (C=O) groups is 1. The zero-order valence-corrected chi connectivity index (χ0v) is 12.3. The van der Waals surface area contributed by atoms with Crippen LogP contribution in [0.15, 0.2) is 12.4 Å². The number of amides is 2. The van der Waals surface area contributed by atoms with E-state index in [1.807, 2.05) is 0 Å². The van der Waals surface area contributed by atoms with E-state index in [2.05, 4.69) is 20.4 Å². The zero-order chi connectivity index (χ0) is 15.0. The number of hydrogen-bond acceptors (Lipinski definition) is 7. The summed E-state index contributed by atoms with van der Waals surface area (Å²) in [7, 11) is -2.20. The molecule has 20 heavy (non-hydrogen) atoms. The number of nitrogens with zero attached hydrogens (tertiary/aromatic N) is 2. The highest BCUT2D eigenvalue weighted by Gasteiger charge is 2.26. The van der Waals surface area contributed by atoms with Gasteiger partial charge in [0.15, 0.2) is 5.75 Å². The lowest BCUT2D eigenvalue weighted by Crippen LogP contribution is -2.28. The van der Waals surface area contributed by atoms with Crippen LogP contribution in [0.4, 0.5) is 10.7 Å². The highest BCUT2D eigenvalue weighted by Crippen LogP contribution is 2.43. The van der Waals surface area contributed by atoms with E-state index in [1.54, 1.807) is 13.8 Å². The number of nitrogens with one attached hydrogen (secondary N) is 2. The fourth-order valence-corrected chi connectivity index (χ4v) is 2.37. The average Bonchev–Trinajstić information content (AvgIpc) is 2.39. The molecular weight excluding hydrogens is 287 g/mol. The minimum atomic E-state index is -3.67. The van der Waals surface area contributed by atoms with E-state index in [-0.39, 0.29) is 19.2 Å². The Morgan fingerprint density at radius 1 is 1.25 bits per heavy atom. The van der Waals surface area contributed by atoms with E-state index in [1.165, 1.54) is 19.5 Å². The summed E-state index contributed by atoms with van der Waals surface area (Å²) in [6, 6.07) is -0.791. The van der Waals surface area contributed by atoms with Crippen molar-refractivity contribution in [2.24, 2.45) is 0 Å². The van der Waals surface area contributed by atoms with Crippen LogP contribution in [0.25, 0.3) is 0 Å². The van der Waals surface area contributed by atoms with Crippen LogP contribution >= 0.6 is 7.75 Å². The Kier molecular flexibility index (Phi) is 6.37. The predicted molar refractivity (Wildman–Crippen MR) is 71.6 cm³/mol. The van der Waals surface area contributed by atoms with Crippen molar-refractivity contribution in [3.8, 4) is 5.75 Å². The molecule has 2 amide bonds. The highest BCUT2D eigenvalue weighted by molar-refractivity contribution is 7.52. The Labute approximate surface area is 116 Å². The molecule has 0 aliphatic heterocycles. The van der Waals surface area contributed by atoms with Crippen molar-refractivity contribution in [1.29, 1.82) is 0 Å². The Morgan fingerprint density at radius 2 is 1.80 bits per heavy atom. The van der Waals surface area contributed by atoms with E-state index in [0.717, 1.165) is 0 Å². The number of urea groups is 1. The molecule has 0 aromatic carbocycles. The molecule has 1 aromatic rings. The van der Waals surface area contributed by atoms with E-state index >= 15 is 0 Å². The standard InChI is InChI=1S/C10H17N4O5P/c1-4-18-20(16,19-5-2)14-10(15)13-9-11-6-8(17-3)7-12-9/h6-7H,4-5H2,1-3H3,(H2,11,12,13,14,15,16). The Balaban J connectivity index is 2.62. The monoisotopic (exact) mass is 304 g/mol. The van der Waals surface area contributed by atoms with Crippen LogP contribution in [0.2, 0.25) is 0 Å². The van der Waals surface area contributed by atoms with Gasteiger partial charge in [0.1, 0.15) is 0 Å². The molecule has 1 aromatic heterocycles. The van der Waals surface area contributed by atoms with Crippen molar-refractivity contribution in [3.05, 3.63) is 12.4 Å². The molecule has 0 radical (unpaired) electrons. The number of hydrogen-bond donors (Lipinski definition) is 2. The molecule has 10 heteroatoms. The maximum absolute atomic E-state index is 12.0. The molecule has 0 fully saturated rings. The predicted octanol–water partition coefficient (Wildman–Crippen LogP) is 1.79. The highest BCUT2D eigenvalue weighted by atomic mass is 31.2. The summed E-state index contributed by atoms with van der Waals surface area (Å²) in [5, 5.41) is 4.43. The molecule has 9 nitrogen and oxygen atoms in total. The van der Waals surface area contributed by atoms with E-state index < -0.39 is 13.8 Å². The first-order valence-electron chi connectivity index (χ1n) is 5.87. The van der Waals surface area contributed by atoms with Crippen LogP contribution in [0.1, 0.15) is 13.8 Å². The van der Waals surface area contributed by atoms with Crippen molar-refractivity contribution >= 4 is 19.7 Å². The Bertz CT molecular complexity index is 471. The van der Waals surface area contributed by atoms with Gasteiger partial charge in [0.2, 0.25) is 5.95 Å². The van der Waals surface area contributed by atoms with Crippen LogP contribution in [-0.4, -0.2) is 36.3 Å². The topological polar surface area (TPSA) is 112 Å². The van der Waals surface area contributed by atoms with E-state index in [4.69, 9.17) is 13.8 Å². The van der Waals surface area contributed by atoms with Gasteiger partial charge in [0, 0.05) is 0 Å². The van der Waals surface area contributed by atoms with Gasteiger partial charge in [-0.1, -0.05) is 0 Å². The molecule has 0 aliphatic rings. The van der Waals surface area contributed by atoms with Gasteiger partial charge in [0.25, 0.3) is 0 Å². The lowest BCUT2D eigenvalue weighted by atomic mass is 10.6. The Morgan fingerprint density at radius 3 is 2.25 bits per heavy atom. The van der Waals surface area contributed by atoms with Gasteiger partial charge >= 0.3 is 13.8 Å². The fraction of sp³-hybridized carbons (Fsp3) is 0.500. The van der Waals surface area contributed by atoms with Crippen molar-refractivity contribution < 1.29 is 23.1 Å². The average molecular weight is 304 g/mol. The minimum Gasteiger partial charge on any atom is -0.494 e. The maximum Gasteiger partial charge on any atom is 0.436 e. The molecule has 0 aliphatic carbocycles. The third kappa shape index (κ3) is 5.12. The molecule has 0 bridgehead atoms. The molecule has 0 saturated carbocycles. The van der Waals surface area contributed by atoms with Gasteiger partial charge in [0.05, 0.1) is 32.7 Å². The van der Waals surface area contributed by atoms with Gasteiger partial charge in [-0.3, -0.25) is 14.4 Å². The van der Waals surface area contributed by atoms with Gasteiger partial charge < -0.3 is 4.74 Å². The summed E-state index contributed by atoms with van der Waals surface area (Å²) in [5.74, 6) is 0.480. The first-order valence-corrected chi connectivity index (χ1v) is 7.41. The van der Waals surface area contributed by atoms with Crippen LogP contribution < -0.4 is 15.1 Å². The first kappa shape index (κ1) is 16.4. The molecule has 1 heterocycles. The summed E-state index contributed by atoms with van der Waals surface area (Å²) >= 11 is 0. The second-order valence-corrected chi connectivity index (χ2v) is 5.08. The van der Waals surface area contributed by atoms with Gasteiger partial charge in [-0.25, -0.2) is 24.4 Å². The minimum absolute atomic E-state index is 0.0304. The van der Waals surface area contributed by atoms with Crippen molar-refractivity contribution in [1.82, 2.24) is 15.1 Å². The lowest BCUT2D eigenvalue weighted by Gasteiger charge is -2.17. The van der Waals surface area contributed by atoms with E-state index in [9.17, 15) is 9.36 Å². The third-order valence-corrected chi connectivity index (χ3v) is 3.60. The molecule has 2 N–H and O–H groups in total. The lowest BCUT2D eigenvalue weighted by molar-refractivity contribution is 0.208. The second-order valence-electron chi connectivity index (χ2n) is 3.35. The summed E-state index contributed by atoms with van der Waals surface area (Å²) in [5.41, 5.74) is 0. The van der Waals surface area contributed by atoms with Crippen LogP contribution in [0.5, 0.6) is 5.75 Å². The number of methoxy groups -OCH3 is 1. The second kappa shape index (κ2) is 7.78. The van der Waals surface area contributed by atoms with Crippen molar-refractivity contribution in [2.75, 3.05) is 25.6 Å². The first-order chi connectivity index (χ1) is 9.53. The number of ether oxygens (including phenoxy) is 1. The van der Waals surface area contributed by atoms with Crippen LogP contribution in [-0.2, 0) is 13.6 Å². The van der Waals surface area contributed by atoms with Crippen LogP contribution in [0, 0.1) is 0 Å². The van der Waals surface area contributed by atoms with Gasteiger partial charge in [-0.05, 0) is 13.8 Å². The Hall–Kier alpha value is -1.70. The summed E-state index contributed by atoms with van der Waals surface area (Å²) in [6.07, 6.45) is 2.76. The SMILES string of the molecule is CCOP(=O)(NC(=O)Nc1ncc(OC)cn1)OCC. The zero-order valence-electron chi connectivity index (χ0n) is 11.5.